The smallest absolute Gasteiger partial charge is 0.0210 e. The molecule has 1 aromatic carbocycles. The fourth-order valence-corrected chi connectivity index (χ4v) is 3.37. The molecule has 0 aromatic heterocycles. The van der Waals surface area contributed by atoms with E-state index < -0.39 is 0 Å². The van der Waals surface area contributed by atoms with Gasteiger partial charge < -0.3 is 5.32 Å². The van der Waals surface area contributed by atoms with Gasteiger partial charge in [0, 0.05) is 11.0 Å². The average Bonchev–Trinajstić information content (AvgIpc) is 2.43. The summed E-state index contributed by atoms with van der Waals surface area (Å²) in [6.07, 6.45) is 6.63. The van der Waals surface area contributed by atoms with Crippen LogP contribution in [0.5, 0.6) is 0 Å². The van der Waals surface area contributed by atoms with E-state index in [-0.39, 0.29) is 0 Å². The first-order valence-corrected chi connectivity index (χ1v) is 8.41. The second kappa shape index (κ2) is 9.55. The van der Waals surface area contributed by atoms with Gasteiger partial charge in [-0.05, 0) is 36.9 Å². The molecule has 0 spiro atoms. The molecule has 1 rings (SSSR count). The van der Waals surface area contributed by atoms with Gasteiger partial charge in [0.05, 0.1) is 0 Å². The number of hydrogen-bond donors (Lipinski definition) is 1. The molecule has 0 radical (unpaired) electrons. The summed E-state index contributed by atoms with van der Waals surface area (Å²) in [5.41, 5.74) is 1.45. The van der Waals surface area contributed by atoms with E-state index in [1.807, 2.05) is 0 Å². The summed E-state index contributed by atoms with van der Waals surface area (Å²) in [6, 6.07) is 8.66. The van der Waals surface area contributed by atoms with Crippen LogP contribution in [-0.2, 0) is 0 Å². The van der Waals surface area contributed by atoms with E-state index in [9.17, 15) is 0 Å². The molecule has 19 heavy (non-hydrogen) atoms. The summed E-state index contributed by atoms with van der Waals surface area (Å²) in [5, 5.41) is 3.36. The highest BCUT2D eigenvalue weighted by Gasteiger charge is 2.18. The Kier molecular flexibility index (Phi) is 8.40. The van der Waals surface area contributed by atoms with E-state index in [4.69, 9.17) is 0 Å². The van der Waals surface area contributed by atoms with Crippen molar-refractivity contribution in [2.75, 3.05) is 13.6 Å². The number of likely N-dealkylation sites (N-methyl/N-ethyl adjacent to an activating group) is 1. The van der Waals surface area contributed by atoms with E-state index >= 15 is 0 Å². The molecule has 1 aromatic rings. The third kappa shape index (κ3) is 5.66. The van der Waals surface area contributed by atoms with E-state index in [1.165, 1.54) is 42.1 Å². The summed E-state index contributed by atoms with van der Waals surface area (Å²) in [7, 11) is 2.05. The predicted molar refractivity (Wildman–Crippen MR) is 88.7 cm³/mol. The molecule has 2 atom stereocenters. The van der Waals surface area contributed by atoms with Crippen LogP contribution < -0.4 is 5.32 Å². The SMILES string of the molecule is CCCCC(CC)CC(CNC)c1ccccc1Br. The second-order valence-corrected chi connectivity index (χ2v) is 6.28. The van der Waals surface area contributed by atoms with Crippen LogP contribution in [0.15, 0.2) is 28.7 Å². The zero-order valence-electron chi connectivity index (χ0n) is 12.6. The Bertz CT molecular complexity index is 351. The minimum atomic E-state index is 0.613. The Hall–Kier alpha value is -0.340. The molecule has 1 N–H and O–H groups in total. The van der Waals surface area contributed by atoms with Gasteiger partial charge >= 0.3 is 0 Å². The van der Waals surface area contributed by atoms with Crippen molar-refractivity contribution in [2.24, 2.45) is 5.92 Å². The van der Waals surface area contributed by atoms with Gasteiger partial charge in [0.25, 0.3) is 0 Å². The molecule has 0 heterocycles. The Morgan fingerprint density at radius 2 is 1.95 bits per heavy atom. The van der Waals surface area contributed by atoms with Gasteiger partial charge in [-0.3, -0.25) is 0 Å². The van der Waals surface area contributed by atoms with Gasteiger partial charge in [0.1, 0.15) is 0 Å². The van der Waals surface area contributed by atoms with Gasteiger partial charge in [-0.2, -0.15) is 0 Å². The number of nitrogens with one attached hydrogen (secondary N) is 1. The summed E-state index contributed by atoms with van der Waals surface area (Å²) >= 11 is 3.70. The molecule has 0 saturated carbocycles. The van der Waals surface area contributed by atoms with Crippen molar-refractivity contribution in [1.82, 2.24) is 5.32 Å². The van der Waals surface area contributed by atoms with Crippen molar-refractivity contribution in [1.29, 1.82) is 0 Å². The maximum absolute atomic E-state index is 3.70. The van der Waals surface area contributed by atoms with Crippen molar-refractivity contribution >= 4 is 15.9 Å². The van der Waals surface area contributed by atoms with Gasteiger partial charge in [0.15, 0.2) is 0 Å². The van der Waals surface area contributed by atoms with Gasteiger partial charge in [-0.25, -0.2) is 0 Å². The number of rotatable bonds is 9. The Balaban J connectivity index is 2.74. The summed E-state index contributed by atoms with van der Waals surface area (Å²) < 4.78 is 1.25. The Morgan fingerprint density at radius 1 is 1.21 bits per heavy atom. The maximum Gasteiger partial charge on any atom is 0.0210 e. The molecule has 0 aliphatic heterocycles. The lowest BCUT2D eigenvalue weighted by Gasteiger charge is -2.24. The minimum absolute atomic E-state index is 0.613. The number of benzene rings is 1. The van der Waals surface area contributed by atoms with Crippen molar-refractivity contribution in [3.63, 3.8) is 0 Å². The maximum atomic E-state index is 3.70. The average molecular weight is 326 g/mol. The zero-order chi connectivity index (χ0) is 14.1. The summed E-state index contributed by atoms with van der Waals surface area (Å²) in [5.74, 6) is 1.47. The van der Waals surface area contributed by atoms with Crippen LogP contribution >= 0.6 is 15.9 Å². The first-order valence-electron chi connectivity index (χ1n) is 7.61. The first kappa shape index (κ1) is 16.7. The van der Waals surface area contributed by atoms with Gasteiger partial charge in [-0.15, -0.1) is 0 Å². The minimum Gasteiger partial charge on any atom is -0.319 e. The molecule has 0 saturated heterocycles. The highest BCUT2D eigenvalue weighted by Crippen LogP contribution is 2.32. The first-order chi connectivity index (χ1) is 9.22. The molecule has 108 valence electrons. The monoisotopic (exact) mass is 325 g/mol. The Labute approximate surface area is 127 Å². The zero-order valence-corrected chi connectivity index (χ0v) is 14.2. The molecule has 0 bridgehead atoms. The predicted octanol–water partition coefficient (Wildman–Crippen LogP) is 5.36. The third-order valence-corrected chi connectivity index (χ3v) is 4.68. The molecule has 0 amide bonds. The molecule has 2 heteroatoms. The van der Waals surface area contributed by atoms with E-state index in [1.54, 1.807) is 0 Å². The molecular formula is C17H28BrN. The number of unbranched alkanes of at least 4 members (excludes halogenated alkanes) is 1. The lowest BCUT2D eigenvalue weighted by molar-refractivity contribution is 0.379. The summed E-state index contributed by atoms with van der Waals surface area (Å²) in [6.45, 7) is 5.67. The topological polar surface area (TPSA) is 12.0 Å². The van der Waals surface area contributed by atoms with E-state index in [0.29, 0.717) is 5.92 Å². The van der Waals surface area contributed by atoms with Gasteiger partial charge in [0.2, 0.25) is 0 Å². The largest absolute Gasteiger partial charge is 0.319 e. The van der Waals surface area contributed by atoms with Crippen molar-refractivity contribution in [3.05, 3.63) is 34.3 Å². The fourth-order valence-electron chi connectivity index (χ4n) is 2.76. The van der Waals surface area contributed by atoms with Crippen LogP contribution in [0.25, 0.3) is 0 Å². The fraction of sp³-hybridized carbons (Fsp3) is 0.647. The highest BCUT2D eigenvalue weighted by atomic mass is 79.9. The Morgan fingerprint density at radius 3 is 2.53 bits per heavy atom. The van der Waals surface area contributed by atoms with Crippen LogP contribution in [0.3, 0.4) is 0 Å². The standard InChI is InChI=1S/C17H28BrN/c1-4-6-9-14(5-2)12-15(13-19-3)16-10-7-8-11-17(16)18/h7-8,10-11,14-15,19H,4-6,9,12-13H2,1-3H3. The molecule has 0 fully saturated rings. The van der Waals surface area contributed by atoms with E-state index in [2.05, 4.69) is 66.4 Å². The van der Waals surface area contributed by atoms with Crippen LogP contribution in [0.1, 0.15) is 57.4 Å². The molecule has 0 aliphatic carbocycles. The van der Waals surface area contributed by atoms with Crippen molar-refractivity contribution in [3.8, 4) is 0 Å². The molecule has 2 unspecified atom stereocenters. The normalized spacial score (nSPS) is 14.3. The van der Waals surface area contributed by atoms with E-state index in [0.717, 1.165) is 12.5 Å². The van der Waals surface area contributed by atoms with Crippen molar-refractivity contribution in [2.45, 2.75) is 51.9 Å². The number of hydrogen-bond acceptors (Lipinski definition) is 1. The third-order valence-electron chi connectivity index (χ3n) is 3.96. The molecular weight excluding hydrogens is 298 g/mol. The van der Waals surface area contributed by atoms with Crippen LogP contribution in [0.4, 0.5) is 0 Å². The summed E-state index contributed by atoms with van der Waals surface area (Å²) in [4.78, 5) is 0. The van der Waals surface area contributed by atoms with Crippen LogP contribution in [0.2, 0.25) is 0 Å². The number of halogens is 1. The van der Waals surface area contributed by atoms with Crippen LogP contribution in [0, 0.1) is 5.92 Å². The van der Waals surface area contributed by atoms with Gasteiger partial charge in [-0.1, -0.05) is 73.7 Å². The molecule has 0 aliphatic rings. The quantitative estimate of drug-likeness (QED) is 0.644. The second-order valence-electron chi connectivity index (χ2n) is 5.43. The lowest BCUT2D eigenvalue weighted by Crippen LogP contribution is -2.20. The lowest BCUT2D eigenvalue weighted by atomic mass is 9.85. The highest BCUT2D eigenvalue weighted by molar-refractivity contribution is 9.10. The van der Waals surface area contributed by atoms with Crippen LogP contribution in [-0.4, -0.2) is 13.6 Å². The molecule has 1 nitrogen and oxygen atoms in total. The van der Waals surface area contributed by atoms with Crippen molar-refractivity contribution < 1.29 is 0 Å².